The van der Waals surface area contributed by atoms with Gasteiger partial charge in [-0.15, -0.1) is 0 Å². The molecule has 1 aliphatic rings. The van der Waals surface area contributed by atoms with Crippen LogP contribution >= 0.6 is 0 Å². The zero-order valence-corrected chi connectivity index (χ0v) is 23.8. The monoisotopic (exact) mass is 498 g/mol. The van der Waals surface area contributed by atoms with Crippen molar-refractivity contribution in [3.63, 3.8) is 0 Å². The van der Waals surface area contributed by atoms with Gasteiger partial charge in [0.05, 0.1) is 6.61 Å². The predicted octanol–water partition coefficient (Wildman–Crippen LogP) is 3.76. The average Bonchev–Trinajstić information content (AvgIpc) is 2.94. The van der Waals surface area contributed by atoms with Gasteiger partial charge in [-0.05, 0) is 36.3 Å². The highest BCUT2D eigenvalue weighted by atomic mass is 28.4. The molecule has 0 amide bonds. The van der Waals surface area contributed by atoms with Crippen molar-refractivity contribution in [3.05, 3.63) is 45.3 Å². The summed E-state index contributed by atoms with van der Waals surface area (Å²) in [6.07, 6.45) is 2.47. The number of rotatable bonds is 7. The van der Waals surface area contributed by atoms with E-state index in [0.29, 0.717) is 0 Å². The van der Waals surface area contributed by atoms with Crippen LogP contribution in [0, 0.1) is 0 Å². The van der Waals surface area contributed by atoms with Gasteiger partial charge in [-0.1, -0.05) is 53.7 Å². The SMILES string of the molecule is CC(C)(C)[Si](C)(C)O[C@@H]1[C@H](O[Si](C)(C)C(C)(C)C)[C@@H](/C=C/CO)O[C@H]1n1ccc(=O)[nH]c1=O. The summed E-state index contributed by atoms with van der Waals surface area (Å²) in [5.74, 6) is 0. The Morgan fingerprint density at radius 1 is 1.03 bits per heavy atom. The number of nitrogens with one attached hydrogen (secondary N) is 1. The van der Waals surface area contributed by atoms with Gasteiger partial charge in [0.2, 0.25) is 0 Å². The van der Waals surface area contributed by atoms with Crippen LogP contribution < -0.4 is 11.2 Å². The van der Waals surface area contributed by atoms with Crippen molar-refractivity contribution in [3.8, 4) is 0 Å². The van der Waals surface area contributed by atoms with Crippen molar-refractivity contribution in [1.82, 2.24) is 9.55 Å². The van der Waals surface area contributed by atoms with Crippen LogP contribution in [0.15, 0.2) is 34.0 Å². The molecule has 1 saturated heterocycles. The fourth-order valence-corrected chi connectivity index (χ4v) is 5.75. The van der Waals surface area contributed by atoms with Crippen molar-refractivity contribution in [2.24, 2.45) is 0 Å². The van der Waals surface area contributed by atoms with E-state index in [2.05, 4.69) is 72.7 Å². The maximum absolute atomic E-state index is 12.7. The summed E-state index contributed by atoms with van der Waals surface area (Å²) in [6, 6.07) is 1.30. The summed E-state index contributed by atoms with van der Waals surface area (Å²) in [4.78, 5) is 26.7. The minimum Gasteiger partial charge on any atom is -0.408 e. The van der Waals surface area contributed by atoms with Crippen LogP contribution in [0.5, 0.6) is 0 Å². The fraction of sp³-hybridized carbons (Fsp3) is 0.739. The Morgan fingerprint density at radius 2 is 1.55 bits per heavy atom. The fourth-order valence-electron chi connectivity index (χ4n) is 3.16. The van der Waals surface area contributed by atoms with Gasteiger partial charge in [0.15, 0.2) is 22.9 Å². The lowest BCUT2D eigenvalue weighted by molar-refractivity contribution is -0.0247. The Kier molecular flexibility index (Phi) is 8.25. The van der Waals surface area contributed by atoms with E-state index < -0.39 is 52.4 Å². The predicted molar refractivity (Wildman–Crippen MR) is 136 cm³/mol. The topological polar surface area (TPSA) is 103 Å². The van der Waals surface area contributed by atoms with E-state index >= 15 is 0 Å². The summed E-state index contributed by atoms with van der Waals surface area (Å²) in [6.45, 7) is 21.5. The number of nitrogens with zero attached hydrogens (tertiary/aromatic N) is 1. The van der Waals surface area contributed by atoms with Crippen LogP contribution in [0.4, 0.5) is 0 Å². The highest BCUT2D eigenvalue weighted by Crippen LogP contribution is 2.45. The van der Waals surface area contributed by atoms with Gasteiger partial charge in [0.1, 0.15) is 18.3 Å². The molecular weight excluding hydrogens is 456 g/mol. The molecule has 0 radical (unpaired) electrons. The number of aromatic amines is 1. The highest BCUT2D eigenvalue weighted by molar-refractivity contribution is 6.74. The Hall–Kier alpha value is -1.31. The second kappa shape index (κ2) is 9.75. The summed E-state index contributed by atoms with van der Waals surface area (Å²) >= 11 is 0. The van der Waals surface area contributed by atoms with Crippen LogP contribution in [-0.2, 0) is 13.6 Å². The molecule has 0 saturated carbocycles. The van der Waals surface area contributed by atoms with E-state index in [9.17, 15) is 14.7 Å². The van der Waals surface area contributed by atoms with Gasteiger partial charge in [-0.2, -0.15) is 0 Å². The van der Waals surface area contributed by atoms with E-state index in [-0.39, 0.29) is 16.7 Å². The zero-order chi connectivity index (χ0) is 25.4. The smallest absolute Gasteiger partial charge is 0.330 e. The molecule has 4 atom stereocenters. The van der Waals surface area contributed by atoms with Gasteiger partial charge in [-0.25, -0.2) is 4.79 Å². The lowest BCUT2D eigenvalue weighted by Gasteiger charge is -2.44. The van der Waals surface area contributed by atoms with Crippen molar-refractivity contribution in [2.75, 3.05) is 6.61 Å². The molecule has 0 aliphatic carbocycles. The van der Waals surface area contributed by atoms with E-state index in [0.717, 1.165) is 0 Å². The summed E-state index contributed by atoms with van der Waals surface area (Å²) in [5, 5.41) is 9.27. The normalized spacial score (nSPS) is 25.2. The number of H-pyrrole nitrogens is 1. The first-order valence-corrected chi connectivity index (χ1v) is 17.3. The second-order valence-corrected chi connectivity index (χ2v) is 21.3. The Morgan fingerprint density at radius 3 is 2.00 bits per heavy atom. The van der Waals surface area contributed by atoms with Crippen molar-refractivity contribution < 1.29 is 18.7 Å². The number of aliphatic hydroxyl groups excluding tert-OH is 1. The molecule has 33 heavy (non-hydrogen) atoms. The number of hydrogen-bond donors (Lipinski definition) is 2. The molecule has 1 aromatic rings. The van der Waals surface area contributed by atoms with E-state index in [4.69, 9.17) is 13.6 Å². The van der Waals surface area contributed by atoms with Crippen molar-refractivity contribution in [2.45, 2.75) is 102 Å². The summed E-state index contributed by atoms with van der Waals surface area (Å²) in [7, 11) is -4.56. The molecule has 2 heterocycles. The third kappa shape index (κ3) is 6.23. The number of aliphatic hydroxyl groups is 1. The zero-order valence-electron chi connectivity index (χ0n) is 21.8. The first kappa shape index (κ1) is 27.9. The molecule has 10 heteroatoms. The number of ether oxygens (including phenoxy) is 1. The Balaban J connectivity index is 2.64. The van der Waals surface area contributed by atoms with Gasteiger partial charge in [0.25, 0.3) is 5.56 Å². The van der Waals surface area contributed by atoms with Crippen LogP contribution in [0.2, 0.25) is 36.3 Å². The van der Waals surface area contributed by atoms with E-state index in [1.165, 1.54) is 16.8 Å². The molecule has 1 aromatic heterocycles. The average molecular weight is 499 g/mol. The van der Waals surface area contributed by atoms with Gasteiger partial charge in [0, 0.05) is 12.3 Å². The third-order valence-corrected chi connectivity index (χ3v) is 16.2. The summed E-state index contributed by atoms with van der Waals surface area (Å²) in [5.41, 5.74) is -1.03. The van der Waals surface area contributed by atoms with Gasteiger partial charge < -0.3 is 18.7 Å². The molecule has 188 valence electrons. The van der Waals surface area contributed by atoms with Gasteiger partial charge >= 0.3 is 5.69 Å². The van der Waals surface area contributed by atoms with Crippen molar-refractivity contribution in [1.29, 1.82) is 0 Å². The van der Waals surface area contributed by atoms with Crippen LogP contribution in [-0.4, -0.2) is 56.2 Å². The van der Waals surface area contributed by atoms with Crippen LogP contribution in [0.25, 0.3) is 0 Å². The lowest BCUT2D eigenvalue weighted by Crippen LogP contribution is -2.53. The first-order chi connectivity index (χ1) is 14.9. The molecular formula is C23H42N2O6Si2. The lowest BCUT2D eigenvalue weighted by atomic mass is 10.1. The molecule has 2 rings (SSSR count). The van der Waals surface area contributed by atoms with Crippen LogP contribution in [0.1, 0.15) is 47.8 Å². The quantitative estimate of drug-likeness (QED) is 0.438. The minimum atomic E-state index is -2.30. The molecule has 8 nitrogen and oxygen atoms in total. The maximum Gasteiger partial charge on any atom is 0.330 e. The molecule has 1 fully saturated rings. The molecule has 0 aromatic carbocycles. The van der Waals surface area contributed by atoms with Gasteiger partial charge in [-0.3, -0.25) is 14.3 Å². The number of hydrogen-bond acceptors (Lipinski definition) is 6. The second-order valence-electron chi connectivity index (χ2n) is 11.8. The third-order valence-electron chi connectivity index (χ3n) is 7.26. The van der Waals surface area contributed by atoms with Crippen LogP contribution in [0.3, 0.4) is 0 Å². The van der Waals surface area contributed by atoms with E-state index in [1.54, 1.807) is 12.2 Å². The van der Waals surface area contributed by atoms with Crippen molar-refractivity contribution >= 4 is 16.6 Å². The Bertz CT molecular complexity index is 955. The number of aromatic nitrogens is 2. The largest absolute Gasteiger partial charge is 0.408 e. The maximum atomic E-state index is 12.7. The summed E-state index contributed by atoms with van der Waals surface area (Å²) < 4.78 is 21.4. The molecule has 1 aliphatic heterocycles. The molecule has 0 spiro atoms. The van der Waals surface area contributed by atoms with E-state index in [1.807, 2.05) is 0 Å². The molecule has 0 bridgehead atoms. The molecule has 0 unspecified atom stereocenters. The minimum absolute atomic E-state index is 0.0489. The highest BCUT2D eigenvalue weighted by Gasteiger charge is 2.53. The molecule has 2 N–H and O–H groups in total. The standard InChI is InChI=1S/C23H42N2O6Si2/c1-22(2,3)32(7,8)30-18-16(12-11-15-26)29-20(25-14-13-17(27)24-21(25)28)19(18)31-33(9,10)23(4,5)6/h11-14,16,18-20,26H,15H2,1-10H3,(H,24,27,28)/b12-11+/t16-,18-,19-,20-/m1/s1. The first-order valence-electron chi connectivity index (χ1n) is 11.5. The Labute approximate surface area is 199 Å².